The summed E-state index contributed by atoms with van der Waals surface area (Å²) in [5, 5.41) is 3.26. The van der Waals surface area contributed by atoms with Crippen molar-refractivity contribution in [1.82, 2.24) is 5.32 Å². The van der Waals surface area contributed by atoms with E-state index in [1.165, 1.54) is 11.8 Å². The summed E-state index contributed by atoms with van der Waals surface area (Å²) in [5.74, 6) is 1.21. The molecule has 2 rings (SSSR count). The Morgan fingerprint density at radius 3 is 2.57 bits per heavy atom. The zero-order valence-corrected chi connectivity index (χ0v) is 12.8. The number of nitrogens with one attached hydrogen (secondary N) is 1. The number of rotatable bonds is 4. The number of hydrogen-bond acceptors (Lipinski definition) is 4. The van der Waals surface area contributed by atoms with E-state index in [1.54, 1.807) is 0 Å². The van der Waals surface area contributed by atoms with Gasteiger partial charge in [-0.3, -0.25) is 0 Å². The summed E-state index contributed by atoms with van der Waals surface area (Å²) in [5.41, 5.74) is 1.35. The van der Waals surface area contributed by atoms with Crippen LogP contribution in [-0.4, -0.2) is 25.7 Å². The lowest BCUT2D eigenvalue weighted by molar-refractivity contribution is 0.117. The van der Waals surface area contributed by atoms with E-state index in [4.69, 9.17) is 9.47 Å². The molecule has 4 heteroatoms. The summed E-state index contributed by atoms with van der Waals surface area (Å²) in [6.45, 7) is 10.6. The minimum absolute atomic E-state index is 0.522. The molecule has 1 aromatic carbocycles. The largest absolute Gasteiger partial charge is 0.485 e. The maximum atomic E-state index is 5.25. The molecule has 0 aliphatic carbocycles. The highest BCUT2D eigenvalue weighted by atomic mass is 16.6. The van der Waals surface area contributed by atoms with E-state index in [0.29, 0.717) is 24.9 Å². The van der Waals surface area contributed by atoms with Gasteiger partial charge in [-0.2, -0.15) is 0 Å². The zero-order chi connectivity index (χ0) is 15.3. The fraction of sp³-hybridized carbons (Fsp3) is 0.353. The zero-order valence-electron chi connectivity index (χ0n) is 12.8. The van der Waals surface area contributed by atoms with Crippen molar-refractivity contribution in [3.05, 3.63) is 60.5 Å². The molecule has 0 atom stereocenters. The van der Waals surface area contributed by atoms with Crippen LogP contribution in [-0.2, 0) is 16.0 Å². The van der Waals surface area contributed by atoms with Crippen molar-refractivity contribution in [2.45, 2.75) is 20.4 Å². The Morgan fingerprint density at radius 2 is 1.95 bits per heavy atom. The first-order chi connectivity index (χ1) is 10.3. The van der Waals surface area contributed by atoms with Gasteiger partial charge in [0.15, 0.2) is 5.76 Å². The van der Waals surface area contributed by atoms with Gasteiger partial charge in [-0.15, -0.1) is 0 Å². The van der Waals surface area contributed by atoms with Crippen LogP contribution in [0.4, 0.5) is 0 Å². The lowest BCUT2D eigenvalue weighted by Crippen LogP contribution is -2.21. The van der Waals surface area contributed by atoms with E-state index in [2.05, 4.69) is 48.1 Å². The average Bonchev–Trinajstić information content (AvgIpc) is 2.55. The fourth-order valence-corrected chi connectivity index (χ4v) is 1.68. The van der Waals surface area contributed by atoms with E-state index in [-0.39, 0.29) is 0 Å². The first kappa shape index (κ1) is 17.0. The Kier molecular flexibility index (Phi) is 8.64. The van der Waals surface area contributed by atoms with Crippen LogP contribution in [0.1, 0.15) is 19.4 Å². The predicted octanol–water partition coefficient (Wildman–Crippen LogP) is 3.28. The Labute approximate surface area is 127 Å². The number of aliphatic imine (C=N–C) groups is 1. The van der Waals surface area contributed by atoms with Crippen molar-refractivity contribution in [3.63, 3.8) is 0 Å². The summed E-state index contributed by atoms with van der Waals surface area (Å²) >= 11 is 0. The first-order valence-corrected chi connectivity index (χ1v) is 7.17. The van der Waals surface area contributed by atoms with Crippen molar-refractivity contribution in [3.8, 4) is 0 Å². The average molecular weight is 288 g/mol. The third-order valence-electron chi connectivity index (χ3n) is 2.68. The topological polar surface area (TPSA) is 42.9 Å². The smallest absolute Gasteiger partial charge is 0.256 e. The van der Waals surface area contributed by atoms with Crippen molar-refractivity contribution < 1.29 is 9.47 Å². The molecular formula is C17H24N2O2. The van der Waals surface area contributed by atoms with Crippen LogP contribution in [0.25, 0.3) is 0 Å². The van der Waals surface area contributed by atoms with Crippen LogP contribution in [0.5, 0.6) is 0 Å². The van der Waals surface area contributed by atoms with Gasteiger partial charge in [0.2, 0.25) is 0 Å². The molecular weight excluding hydrogens is 264 g/mol. The van der Waals surface area contributed by atoms with E-state index in [1.807, 2.05) is 19.1 Å². The van der Waals surface area contributed by atoms with Crippen molar-refractivity contribution in [2.24, 2.45) is 4.99 Å². The molecule has 21 heavy (non-hydrogen) atoms. The second-order valence-corrected chi connectivity index (χ2v) is 4.23. The molecule has 1 fully saturated rings. The number of allylic oxidation sites excluding steroid dienone is 1. The highest BCUT2D eigenvalue weighted by Crippen LogP contribution is 2.08. The summed E-state index contributed by atoms with van der Waals surface area (Å²) in [6.07, 6.45) is 3.26. The number of nitrogens with zero attached hydrogens (tertiary/aromatic N) is 1. The lowest BCUT2D eigenvalue weighted by atomic mass is 10.2. The Hall–Kier alpha value is -2.07. The van der Waals surface area contributed by atoms with Crippen LogP contribution < -0.4 is 5.32 Å². The molecule has 0 saturated carbocycles. The Morgan fingerprint density at radius 1 is 1.24 bits per heavy atom. The van der Waals surface area contributed by atoms with E-state index in [0.717, 1.165) is 13.1 Å². The fourth-order valence-electron chi connectivity index (χ4n) is 1.68. The highest BCUT2D eigenvalue weighted by molar-refractivity contribution is 5.92. The van der Waals surface area contributed by atoms with Crippen molar-refractivity contribution in [1.29, 1.82) is 0 Å². The molecule has 1 aromatic rings. The molecule has 0 bridgehead atoms. The third-order valence-corrected chi connectivity index (χ3v) is 2.68. The van der Waals surface area contributed by atoms with Gasteiger partial charge in [0, 0.05) is 12.7 Å². The van der Waals surface area contributed by atoms with Gasteiger partial charge in [-0.25, -0.2) is 4.99 Å². The molecule has 0 radical (unpaired) electrons. The number of benzene rings is 1. The standard InChI is InChI=1S/C9H13N.C8H11NO2/c1-2-10-8-9-6-4-3-5-7-9;1-3-7-8(9-4-2)11-6-5-10-7/h3-7,10H,2,8H2,1H3;3-4H,2,5-6H2,1H3/b;7-3+,9-8?. The monoisotopic (exact) mass is 288 g/mol. The second-order valence-electron chi connectivity index (χ2n) is 4.23. The molecule has 114 valence electrons. The van der Waals surface area contributed by atoms with Gasteiger partial charge in [0.05, 0.1) is 0 Å². The number of hydrogen-bond donors (Lipinski definition) is 1. The second kappa shape index (κ2) is 10.7. The van der Waals surface area contributed by atoms with Gasteiger partial charge in [-0.05, 0) is 25.1 Å². The maximum absolute atomic E-state index is 5.25. The van der Waals surface area contributed by atoms with Crippen LogP contribution in [0.15, 0.2) is 59.9 Å². The minimum atomic E-state index is 0.522. The molecule has 0 amide bonds. The van der Waals surface area contributed by atoms with Crippen LogP contribution >= 0.6 is 0 Å². The van der Waals surface area contributed by atoms with Crippen molar-refractivity contribution in [2.75, 3.05) is 19.8 Å². The van der Waals surface area contributed by atoms with E-state index >= 15 is 0 Å². The van der Waals surface area contributed by atoms with Gasteiger partial charge >= 0.3 is 0 Å². The molecule has 1 aliphatic rings. The van der Waals surface area contributed by atoms with Gasteiger partial charge in [0.25, 0.3) is 5.90 Å². The quantitative estimate of drug-likeness (QED) is 0.924. The van der Waals surface area contributed by atoms with E-state index < -0.39 is 0 Å². The molecule has 0 unspecified atom stereocenters. The molecule has 0 aromatic heterocycles. The Balaban J connectivity index is 0.000000211. The van der Waals surface area contributed by atoms with Crippen LogP contribution in [0, 0.1) is 0 Å². The molecule has 1 N–H and O–H groups in total. The molecule has 0 spiro atoms. The van der Waals surface area contributed by atoms with Crippen LogP contribution in [0.3, 0.4) is 0 Å². The van der Waals surface area contributed by atoms with E-state index in [9.17, 15) is 0 Å². The maximum Gasteiger partial charge on any atom is 0.256 e. The van der Waals surface area contributed by atoms with Gasteiger partial charge in [0.1, 0.15) is 13.2 Å². The molecule has 4 nitrogen and oxygen atoms in total. The van der Waals surface area contributed by atoms with Crippen LogP contribution in [0.2, 0.25) is 0 Å². The van der Waals surface area contributed by atoms with Gasteiger partial charge < -0.3 is 14.8 Å². The first-order valence-electron chi connectivity index (χ1n) is 7.17. The number of ether oxygens (including phenoxy) is 2. The third kappa shape index (κ3) is 6.77. The minimum Gasteiger partial charge on any atom is -0.485 e. The van der Waals surface area contributed by atoms with Gasteiger partial charge in [-0.1, -0.05) is 43.8 Å². The SMILES string of the molecule is C=CN=C1OCCO/C1=C/C.CCNCc1ccccc1. The Bertz CT molecular complexity index is 467. The summed E-state index contributed by atoms with van der Waals surface area (Å²) in [7, 11) is 0. The summed E-state index contributed by atoms with van der Waals surface area (Å²) < 4.78 is 10.5. The highest BCUT2D eigenvalue weighted by Gasteiger charge is 2.13. The van der Waals surface area contributed by atoms with Crippen molar-refractivity contribution >= 4 is 5.90 Å². The summed E-state index contributed by atoms with van der Waals surface area (Å²) in [6, 6.07) is 10.4. The predicted molar refractivity (Wildman–Crippen MR) is 87.1 cm³/mol. The molecule has 1 heterocycles. The molecule has 1 aliphatic heterocycles. The normalized spacial score (nSPS) is 17.4. The summed E-state index contributed by atoms with van der Waals surface area (Å²) in [4.78, 5) is 3.90. The lowest BCUT2D eigenvalue weighted by Gasteiger charge is -2.18. The molecule has 1 saturated heterocycles.